The quantitative estimate of drug-likeness (QED) is 0.851. The molecule has 1 aromatic carbocycles. The molecule has 1 heterocycles. The van der Waals surface area contributed by atoms with Gasteiger partial charge in [-0.15, -0.1) is 0 Å². The van der Waals surface area contributed by atoms with Crippen LogP contribution in [0.2, 0.25) is 0 Å². The van der Waals surface area contributed by atoms with Gasteiger partial charge in [0.25, 0.3) is 0 Å². The van der Waals surface area contributed by atoms with E-state index in [0.29, 0.717) is 13.0 Å². The number of nitrogens with two attached hydrogens (primary N) is 1. The first-order valence-electron chi connectivity index (χ1n) is 5.48. The zero-order valence-electron chi connectivity index (χ0n) is 9.47. The van der Waals surface area contributed by atoms with Crippen LogP contribution in [0.5, 0.6) is 0 Å². The molecule has 1 aliphatic heterocycles. The van der Waals surface area contributed by atoms with Crippen LogP contribution in [0.15, 0.2) is 16.6 Å². The first-order valence-corrected chi connectivity index (χ1v) is 6.28. The van der Waals surface area contributed by atoms with Crippen LogP contribution in [0, 0.1) is 11.6 Å². The predicted molar refractivity (Wildman–Crippen MR) is 64.6 cm³/mol. The smallest absolute Gasteiger partial charge is 0.145 e. The molecule has 0 aliphatic carbocycles. The molecule has 1 fully saturated rings. The molecule has 2 atom stereocenters. The topological polar surface area (TPSA) is 35.2 Å². The number of halogens is 3. The van der Waals surface area contributed by atoms with Gasteiger partial charge in [0.1, 0.15) is 11.6 Å². The van der Waals surface area contributed by atoms with Crippen LogP contribution in [0.1, 0.15) is 31.4 Å². The van der Waals surface area contributed by atoms with Crippen LogP contribution in [0.3, 0.4) is 0 Å². The van der Waals surface area contributed by atoms with Gasteiger partial charge in [0.15, 0.2) is 0 Å². The van der Waals surface area contributed by atoms with Gasteiger partial charge < -0.3 is 10.5 Å². The van der Waals surface area contributed by atoms with Gasteiger partial charge in [0, 0.05) is 12.2 Å². The van der Waals surface area contributed by atoms with Crippen LogP contribution in [0.25, 0.3) is 0 Å². The maximum absolute atomic E-state index is 13.9. The Labute approximate surface area is 107 Å². The van der Waals surface area contributed by atoms with Crippen molar-refractivity contribution in [2.75, 3.05) is 6.61 Å². The van der Waals surface area contributed by atoms with E-state index in [1.54, 1.807) is 6.92 Å². The fourth-order valence-electron chi connectivity index (χ4n) is 2.18. The monoisotopic (exact) mass is 305 g/mol. The van der Waals surface area contributed by atoms with Gasteiger partial charge in [0.2, 0.25) is 0 Å². The van der Waals surface area contributed by atoms with Gasteiger partial charge in [-0.1, -0.05) is 0 Å². The Hall–Kier alpha value is -0.520. The van der Waals surface area contributed by atoms with E-state index in [9.17, 15) is 8.78 Å². The molecule has 1 aliphatic rings. The first-order chi connectivity index (χ1) is 7.96. The lowest BCUT2D eigenvalue weighted by Crippen LogP contribution is -2.38. The summed E-state index contributed by atoms with van der Waals surface area (Å²) < 4.78 is 33.4. The van der Waals surface area contributed by atoms with Crippen LogP contribution in [-0.4, -0.2) is 12.2 Å². The van der Waals surface area contributed by atoms with Crippen molar-refractivity contribution in [2.45, 2.75) is 31.4 Å². The number of hydrogen-bond acceptors (Lipinski definition) is 2. The van der Waals surface area contributed by atoms with E-state index in [2.05, 4.69) is 15.9 Å². The fraction of sp³-hybridized carbons (Fsp3) is 0.500. The summed E-state index contributed by atoms with van der Waals surface area (Å²) >= 11 is 3.04. The minimum Gasteiger partial charge on any atom is -0.373 e. The Kier molecular flexibility index (Phi) is 3.52. The number of ether oxygens (including phenoxy) is 1. The largest absolute Gasteiger partial charge is 0.373 e. The molecule has 1 aromatic rings. The Balaban J connectivity index is 2.43. The van der Waals surface area contributed by atoms with E-state index in [4.69, 9.17) is 10.5 Å². The van der Waals surface area contributed by atoms with Gasteiger partial charge in [0.05, 0.1) is 16.1 Å². The van der Waals surface area contributed by atoms with Crippen LogP contribution in [-0.2, 0) is 4.74 Å². The number of hydrogen-bond donors (Lipinski definition) is 1. The van der Waals surface area contributed by atoms with E-state index in [-0.39, 0.29) is 10.0 Å². The fourth-order valence-corrected chi connectivity index (χ4v) is 2.52. The van der Waals surface area contributed by atoms with E-state index in [0.717, 1.165) is 6.42 Å². The molecule has 2 N–H and O–H groups in total. The predicted octanol–water partition coefficient (Wildman–Crippen LogP) is 3.30. The SMILES string of the molecule is CC1(C(N)c2c(F)ccc(Br)c2F)CCCO1. The zero-order chi connectivity index (χ0) is 12.6. The summed E-state index contributed by atoms with van der Waals surface area (Å²) in [4.78, 5) is 0. The van der Waals surface area contributed by atoms with Gasteiger partial charge in [-0.25, -0.2) is 8.78 Å². The molecule has 0 radical (unpaired) electrons. The van der Waals surface area contributed by atoms with Crippen molar-refractivity contribution >= 4 is 15.9 Å². The third-order valence-corrected chi connectivity index (χ3v) is 3.91. The summed E-state index contributed by atoms with van der Waals surface area (Å²) in [6.07, 6.45) is 1.57. The van der Waals surface area contributed by atoms with Crippen LogP contribution < -0.4 is 5.73 Å². The summed E-state index contributed by atoms with van der Waals surface area (Å²) in [6.45, 7) is 2.38. The molecule has 0 aromatic heterocycles. The van der Waals surface area contributed by atoms with Crippen molar-refractivity contribution in [3.05, 3.63) is 33.8 Å². The lowest BCUT2D eigenvalue weighted by Gasteiger charge is -2.31. The van der Waals surface area contributed by atoms with E-state index >= 15 is 0 Å². The summed E-state index contributed by atoms with van der Waals surface area (Å²) in [6, 6.07) is 1.74. The highest BCUT2D eigenvalue weighted by molar-refractivity contribution is 9.10. The first kappa shape index (κ1) is 12.9. The third kappa shape index (κ3) is 2.23. The Morgan fingerprint density at radius 1 is 1.47 bits per heavy atom. The molecule has 0 bridgehead atoms. The Morgan fingerprint density at radius 2 is 2.18 bits per heavy atom. The molecule has 94 valence electrons. The van der Waals surface area contributed by atoms with Gasteiger partial charge >= 0.3 is 0 Å². The highest BCUT2D eigenvalue weighted by Gasteiger charge is 2.39. The molecular weight excluding hydrogens is 292 g/mol. The molecule has 2 rings (SSSR count). The summed E-state index contributed by atoms with van der Waals surface area (Å²) in [5.41, 5.74) is 5.18. The molecule has 2 unspecified atom stereocenters. The second-order valence-electron chi connectivity index (χ2n) is 4.50. The van der Waals surface area contributed by atoms with Gasteiger partial charge in [-0.05, 0) is 47.8 Å². The maximum Gasteiger partial charge on any atom is 0.145 e. The highest BCUT2D eigenvalue weighted by atomic mass is 79.9. The molecular formula is C12H14BrF2NO. The van der Waals surface area contributed by atoms with E-state index in [1.807, 2.05) is 0 Å². The summed E-state index contributed by atoms with van der Waals surface area (Å²) in [5, 5.41) is 0. The number of benzene rings is 1. The molecule has 0 spiro atoms. The molecule has 17 heavy (non-hydrogen) atoms. The van der Waals surface area contributed by atoms with Crippen molar-refractivity contribution in [2.24, 2.45) is 5.73 Å². The van der Waals surface area contributed by atoms with Crippen LogP contribution >= 0.6 is 15.9 Å². The molecule has 1 saturated heterocycles. The van der Waals surface area contributed by atoms with Crippen LogP contribution in [0.4, 0.5) is 8.78 Å². The van der Waals surface area contributed by atoms with Crippen molar-refractivity contribution in [3.8, 4) is 0 Å². The average Bonchev–Trinajstić information content (AvgIpc) is 2.72. The van der Waals surface area contributed by atoms with Crippen molar-refractivity contribution < 1.29 is 13.5 Å². The molecule has 0 saturated carbocycles. The minimum absolute atomic E-state index is 0.108. The summed E-state index contributed by atoms with van der Waals surface area (Å²) in [7, 11) is 0. The maximum atomic E-state index is 13.9. The Morgan fingerprint density at radius 3 is 2.76 bits per heavy atom. The number of rotatable bonds is 2. The second-order valence-corrected chi connectivity index (χ2v) is 5.35. The molecule has 2 nitrogen and oxygen atoms in total. The van der Waals surface area contributed by atoms with E-state index in [1.165, 1.54) is 12.1 Å². The lowest BCUT2D eigenvalue weighted by molar-refractivity contribution is -0.00350. The highest BCUT2D eigenvalue weighted by Crippen LogP contribution is 2.38. The van der Waals surface area contributed by atoms with Gasteiger partial charge in [-0.2, -0.15) is 0 Å². The van der Waals surface area contributed by atoms with Crippen molar-refractivity contribution in [3.63, 3.8) is 0 Å². The zero-order valence-corrected chi connectivity index (χ0v) is 11.1. The normalized spacial score (nSPS) is 26.2. The Bertz CT molecular complexity index is 433. The van der Waals surface area contributed by atoms with Crippen molar-refractivity contribution in [1.29, 1.82) is 0 Å². The standard InChI is InChI=1S/C12H14BrF2NO/c1-12(5-2-6-17-12)11(16)9-8(14)4-3-7(13)10(9)15/h3-4,11H,2,5-6,16H2,1H3. The average molecular weight is 306 g/mol. The second kappa shape index (κ2) is 4.63. The molecule has 5 heteroatoms. The van der Waals surface area contributed by atoms with Gasteiger partial charge in [-0.3, -0.25) is 0 Å². The third-order valence-electron chi connectivity index (χ3n) is 3.30. The van der Waals surface area contributed by atoms with Crippen molar-refractivity contribution in [1.82, 2.24) is 0 Å². The summed E-state index contributed by atoms with van der Waals surface area (Å²) in [5.74, 6) is -1.27. The molecule has 0 amide bonds. The lowest BCUT2D eigenvalue weighted by atomic mass is 9.88. The van der Waals surface area contributed by atoms with E-state index < -0.39 is 23.3 Å². The minimum atomic E-state index is -0.803.